The molecule has 140 valence electrons. The van der Waals surface area contributed by atoms with Gasteiger partial charge in [0.1, 0.15) is 11.6 Å². The van der Waals surface area contributed by atoms with E-state index in [1.54, 1.807) is 17.8 Å². The largest absolute Gasteiger partial charge is 0.478 e. The molecule has 8 heteroatoms. The van der Waals surface area contributed by atoms with Gasteiger partial charge in [0.15, 0.2) is 0 Å². The van der Waals surface area contributed by atoms with Crippen molar-refractivity contribution in [3.8, 4) is 11.3 Å². The van der Waals surface area contributed by atoms with Crippen molar-refractivity contribution in [1.82, 2.24) is 15.1 Å². The summed E-state index contributed by atoms with van der Waals surface area (Å²) < 4.78 is 29.4. The molecule has 0 aliphatic rings. The fraction of sp³-hybridized carbons (Fsp3) is 0.158. The van der Waals surface area contributed by atoms with Gasteiger partial charge in [0, 0.05) is 43.0 Å². The summed E-state index contributed by atoms with van der Waals surface area (Å²) in [5.41, 5.74) is 1.67. The minimum Gasteiger partial charge on any atom is -0.478 e. The molecule has 3 aromatic rings. The number of nitrogens with one attached hydrogen (secondary N) is 1. The van der Waals surface area contributed by atoms with Crippen LogP contribution in [0.4, 0.5) is 8.78 Å². The van der Waals surface area contributed by atoms with Gasteiger partial charge in [-0.3, -0.25) is 4.68 Å². The molecule has 2 N–H and O–H groups in total. The molecule has 0 atom stereocenters. The molecule has 0 spiro atoms. The van der Waals surface area contributed by atoms with E-state index in [4.69, 9.17) is 16.7 Å². The molecular formula is C19H16ClF2N3O2. The first-order chi connectivity index (χ1) is 12.9. The second kappa shape index (κ2) is 7.85. The number of hydrogen-bond acceptors (Lipinski definition) is 3. The van der Waals surface area contributed by atoms with Gasteiger partial charge in [0.05, 0.1) is 16.3 Å². The van der Waals surface area contributed by atoms with Crippen molar-refractivity contribution in [2.75, 3.05) is 0 Å². The maximum Gasteiger partial charge on any atom is 0.338 e. The summed E-state index contributed by atoms with van der Waals surface area (Å²) in [4.78, 5) is 10.8. The fourth-order valence-electron chi connectivity index (χ4n) is 2.77. The third-order valence-corrected chi connectivity index (χ3v) is 4.36. The van der Waals surface area contributed by atoms with Gasteiger partial charge in [-0.25, -0.2) is 13.6 Å². The zero-order valence-corrected chi connectivity index (χ0v) is 15.1. The second-order valence-corrected chi connectivity index (χ2v) is 6.40. The number of aromatic nitrogens is 2. The number of nitrogens with zero attached hydrogens (tertiary/aromatic N) is 2. The summed E-state index contributed by atoms with van der Waals surface area (Å²) in [5, 5.41) is 16.8. The minimum absolute atomic E-state index is 0.0273. The molecular weight excluding hydrogens is 376 g/mol. The molecule has 0 unspecified atom stereocenters. The van der Waals surface area contributed by atoms with E-state index in [9.17, 15) is 13.6 Å². The Bertz CT molecular complexity index is 1000. The van der Waals surface area contributed by atoms with E-state index < -0.39 is 23.2 Å². The van der Waals surface area contributed by atoms with Crippen molar-refractivity contribution in [3.05, 3.63) is 75.9 Å². The highest BCUT2D eigenvalue weighted by atomic mass is 35.5. The first kappa shape index (κ1) is 19.0. The first-order valence-corrected chi connectivity index (χ1v) is 8.44. The zero-order chi connectivity index (χ0) is 19.6. The molecule has 0 amide bonds. The molecule has 0 fully saturated rings. The predicted octanol–water partition coefficient (Wildman–Crippen LogP) is 4.01. The van der Waals surface area contributed by atoms with Gasteiger partial charge < -0.3 is 10.4 Å². The van der Waals surface area contributed by atoms with Crippen LogP contribution in [0.3, 0.4) is 0 Å². The summed E-state index contributed by atoms with van der Waals surface area (Å²) in [6, 6.07) is 8.89. The van der Waals surface area contributed by atoms with Crippen LogP contribution in [0.25, 0.3) is 11.3 Å². The zero-order valence-electron chi connectivity index (χ0n) is 14.3. The standard InChI is InChI=1S/C19H16ClF2N3O2/c1-25-10-12(18(24-25)13-4-2-3-5-15(13)20)9-23-8-11-6-17(22)14(19(26)27)7-16(11)21/h2-7,10,23H,8-9H2,1H3,(H,26,27). The van der Waals surface area contributed by atoms with E-state index in [0.717, 1.165) is 17.2 Å². The SMILES string of the molecule is Cn1cc(CNCc2cc(F)c(C(=O)O)cc2F)c(-c2ccccc2Cl)n1. The van der Waals surface area contributed by atoms with Gasteiger partial charge in [-0.15, -0.1) is 0 Å². The van der Waals surface area contributed by atoms with Crippen molar-refractivity contribution < 1.29 is 18.7 Å². The molecule has 2 aromatic carbocycles. The maximum atomic E-state index is 14.0. The monoisotopic (exact) mass is 391 g/mol. The Kier molecular flexibility index (Phi) is 5.53. The van der Waals surface area contributed by atoms with Gasteiger partial charge in [-0.1, -0.05) is 29.8 Å². The third-order valence-electron chi connectivity index (χ3n) is 4.03. The highest BCUT2D eigenvalue weighted by Crippen LogP contribution is 2.29. The molecule has 5 nitrogen and oxygen atoms in total. The summed E-state index contributed by atoms with van der Waals surface area (Å²) in [7, 11) is 1.78. The van der Waals surface area contributed by atoms with Gasteiger partial charge in [0.25, 0.3) is 0 Å². The van der Waals surface area contributed by atoms with Crippen molar-refractivity contribution in [2.45, 2.75) is 13.1 Å². The van der Waals surface area contributed by atoms with Crippen molar-refractivity contribution in [2.24, 2.45) is 7.05 Å². The predicted molar refractivity (Wildman–Crippen MR) is 97.5 cm³/mol. The van der Waals surface area contributed by atoms with E-state index in [1.165, 1.54) is 0 Å². The van der Waals surface area contributed by atoms with Crippen LogP contribution in [-0.4, -0.2) is 20.9 Å². The Balaban J connectivity index is 1.77. The van der Waals surface area contributed by atoms with Crippen LogP contribution in [0.5, 0.6) is 0 Å². The fourth-order valence-corrected chi connectivity index (χ4v) is 2.99. The van der Waals surface area contributed by atoms with Crippen LogP contribution in [0.15, 0.2) is 42.6 Å². The van der Waals surface area contributed by atoms with E-state index in [0.29, 0.717) is 23.3 Å². The lowest BCUT2D eigenvalue weighted by Gasteiger charge is -2.08. The number of rotatable bonds is 6. The lowest BCUT2D eigenvalue weighted by Crippen LogP contribution is -2.15. The van der Waals surface area contributed by atoms with Crippen molar-refractivity contribution in [1.29, 1.82) is 0 Å². The number of hydrogen-bond donors (Lipinski definition) is 2. The molecule has 27 heavy (non-hydrogen) atoms. The van der Waals surface area contributed by atoms with Crippen LogP contribution in [-0.2, 0) is 20.1 Å². The van der Waals surface area contributed by atoms with Crippen LogP contribution in [0, 0.1) is 11.6 Å². The smallest absolute Gasteiger partial charge is 0.338 e. The highest BCUT2D eigenvalue weighted by Gasteiger charge is 2.16. The first-order valence-electron chi connectivity index (χ1n) is 8.06. The molecule has 1 heterocycles. The van der Waals surface area contributed by atoms with Crippen LogP contribution < -0.4 is 5.32 Å². The molecule has 0 aliphatic carbocycles. The van der Waals surface area contributed by atoms with E-state index in [2.05, 4.69) is 10.4 Å². The Labute approximate surface area is 159 Å². The molecule has 0 aliphatic heterocycles. The molecule has 1 aromatic heterocycles. The molecule has 3 rings (SSSR count). The van der Waals surface area contributed by atoms with E-state index in [1.807, 2.05) is 24.4 Å². The second-order valence-electron chi connectivity index (χ2n) is 5.99. The molecule has 0 saturated carbocycles. The highest BCUT2D eigenvalue weighted by molar-refractivity contribution is 6.33. The topological polar surface area (TPSA) is 67.2 Å². The lowest BCUT2D eigenvalue weighted by molar-refractivity contribution is 0.0691. The van der Waals surface area contributed by atoms with Crippen molar-refractivity contribution >= 4 is 17.6 Å². The number of benzene rings is 2. The van der Waals surface area contributed by atoms with Crippen molar-refractivity contribution in [3.63, 3.8) is 0 Å². The Morgan fingerprint density at radius 3 is 2.59 bits per heavy atom. The number of aromatic carboxylic acids is 1. The third kappa shape index (κ3) is 4.15. The van der Waals surface area contributed by atoms with Crippen LogP contribution >= 0.6 is 11.6 Å². The number of carboxylic acids is 1. The normalized spacial score (nSPS) is 11.0. The van der Waals surface area contributed by atoms with Crippen LogP contribution in [0.1, 0.15) is 21.5 Å². The van der Waals surface area contributed by atoms with Gasteiger partial charge in [-0.2, -0.15) is 5.10 Å². The number of carbonyl (C=O) groups is 1. The van der Waals surface area contributed by atoms with Gasteiger partial charge in [0.2, 0.25) is 0 Å². The summed E-state index contributed by atoms with van der Waals surface area (Å²) in [5.74, 6) is -3.26. The Hall–Kier alpha value is -2.77. The average molecular weight is 392 g/mol. The number of carboxylic acid groups (broad SMARTS) is 1. The quantitative estimate of drug-likeness (QED) is 0.666. The maximum absolute atomic E-state index is 14.0. The van der Waals surface area contributed by atoms with Crippen LogP contribution in [0.2, 0.25) is 5.02 Å². The summed E-state index contributed by atoms with van der Waals surface area (Å²) >= 11 is 6.24. The summed E-state index contributed by atoms with van der Waals surface area (Å²) in [6.45, 7) is 0.371. The number of halogens is 3. The molecule has 0 bridgehead atoms. The average Bonchev–Trinajstić information content (AvgIpc) is 2.98. The molecule has 0 saturated heterocycles. The van der Waals surface area contributed by atoms with Gasteiger partial charge >= 0.3 is 5.97 Å². The van der Waals surface area contributed by atoms with E-state index >= 15 is 0 Å². The number of aryl methyl sites for hydroxylation is 1. The van der Waals surface area contributed by atoms with Gasteiger partial charge in [-0.05, 0) is 18.2 Å². The van der Waals surface area contributed by atoms with E-state index in [-0.39, 0.29) is 12.1 Å². The Morgan fingerprint density at radius 2 is 1.89 bits per heavy atom. The minimum atomic E-state index is -1.51. The summed E-state index contributed by atoms with van der Waals surface area (Å²) in [6.07, 6.45) is 1.82. The Morgan fingerprint density at radius 1 is 1.19 bits per heavy atom. The molecule has 0 radical (unpaired) electrons. The lowest BCUT2D eigenvalue weighted by atomic mass is 10.1.